The van der Waals surface area contributed by atoms with Crippen molar-refractivity contribution in [3.05, 3.63) is 52.5 Å². The van der Waals surface area contributed by atoms with Gasteiger partial charge < -0.3 is 5.73 Å². The lowest BCUT2D eigenvalue weighted by atomic mass is 10.3. The molecular weight excluding hydrogens is 293 g/mol. The van der Waals surface area contributed by atoms with Gasteiger partial charge in [-0.2, -0.15) is 0 Å². The zero-order valence-corrected chi connectivity index (χ0v) is 11.4. The molecule has 2 N–H and O–H groups in total. The van der Waals surface area contributed by atoms with E-state index in [0.29, 0.717) is 10.7 Å². The maximum Gasteiger partial charge on any atom is 0.206 e. The van der Waals surface area contributed by atoms with Crippen LogP contribution in [0.25, 0.3) is 0 Å². The lowest BCUT2D eigenvalue weighted by molar-refractivity contribution is 0.596. The molecule has 0 aliphatic heterocycles. The Bertz CT molecular complexity index is 682. The fourth-order valence-electron chi connectivity index (χ4n) is 1.43. The van der Waals surface area contributed by atoms with Crippen LogP contribution in [0.4, 0.5) is 5.69 Å². The first-order valence-corrected chi connectivity index (χ1v) is 7.21. The molecule has 0 amide bonds. The number of benzene rings is 2. The van der Waals surface area contributed by atoms with Crippen molar-refractivity contribution in [2.45, 2.75) is 9.79 Å². The topological polar surface area (TPSA) is 60.2 Å². The number of hydrogen-bond acceptors (Lipinski definition) is 3. The van der Waals surface area contributed by atoms with Crippen molar-refractivity contribution >= 4 is 38.7 Å². The Labute approximate surface area is 115 Å². The normalized spacial score (nSPS) is 11.4. The predicted molar refractivity (Wildman–Crippen MR) is 72.8 cm³/mol. The fraction of sp³-hybridized carbons (Fsp3) is 0. The molecular formula is C12H9Cl2NO2S. The van der Waals surface area contributed by atoms with E-state index in [1.165, 1.54) is 42.5 Å². The van der Waals surface area contributed by atoms with E-state index in [4.69, 9.17) is 28.9 Å². The lowest BCUT2D eigenvalue weighted by Gasteiger charge is -2.06. The molecule has 0 radical (unpaired) electrons. The molecule has 0 saturated carbocycles. The number of nitrogens with two attached hydrogens (primary N) is 1. The van der Waals surface area contributed by atoms with Crippen LogP contribution in [0.5, 0.6) is 0 Å². The summed E-state index contributed by atoms with van der Waals surface area (Å²) in [5, 5.41) is 0.515. The second kappa shape index (κ2) is 4.80. The first-order chi connectivity index (χ1) is 8.41. The minimum atomic E-state index is -3.59. The lowest BCUT2D eigenvalue weighted by Crippen LogP contribution is -2.02. The van der Waals surface area contributed by atoms with E-state index in [1.807, 2.05) is 0 Å². The molecule has 2 rings (SSSR count). The van der Waals surface area contributed by atoms with Gasteiger partial charge in [0.15, 0.2) is 0 Å². The first-order valence-electron chi connectivity index (χ1n) is 4.97. The van der Waals surface area contributed by atoms with Crippen molar-refractivity contribution in [3.8, 4) is 0 Å². The van der Waals surface area contributed by atoms with Crippen molar-refractivity contribution in [2.24, 2.45) is 0 Å². The van der Waals surface area contributed by atoms with Crippen molar-refractivity contribution in [1.82, 2.24) is 0 Å². The molecule has 0 aromatic heterocycles. The summed E-state index contributed by atoms with van der Waals surface area (Å²) in [6.45, 7) is 0. The summed E-state index contributed by atoms with van der Waals surface area (Å²) >= 11 is 11.6. The summed E-state index contributed by atoms with van der Waals surface area (Å²) < 4.78 is 24.5. The molecule has 3 nitrogen and oxygen atoms in total. The van der Waals surface area contributed by atoms with Gasteiger partial charge >= 0.3 is 0 Å². The molecule has 0 saturated heterocycles. The third kappa shape index (κ3) is 2.46. The summed E-state index contributed by atoms with van der Waals surface area (Å²) in [4.78, 5) is 0.261. The smallest absolute Gasteiger partial charge is 0.206 e. The molecule has 0 fully saturated rings. The van der Waals surface area contributed by atoms with Gasteiger partial charge in [-0.25, -0.2) is 8.42 Å². The SMILES string of the molecule is Nc1ccc(S(=O)(=O)c2ccc(Cl)c(Cl)c2)cc1. The Morgan fingerprint density at radius 1 is 0.833 bits per heavy atom. The number of hydrogen-bond donors (Lipinski definition) is 1. The Morgan fingerprint density at radius 3 is 1.94 bits per heavy atom. The van der Waals surface area contributed by atoms with Crippen LogP contribution in [0.15, 0.2) is 52.3 Å². The van der Waals surface area contributed by atoms with Gasteiger partial charge in [0.25, 0.3) is 0 Å². The maximum atomic E-state index is 12.3. The zero-order chi connectivity index (χ0) is 13.3. The molecule has 6 heteroatoms. The van der Waals surface area contributed by atoms with Crippen molar-refractivity contribution in [2.75, 3.05) is 5.73 Å². The largest absolute Gasteiger partial charge is 0.399 e. The van der Waals surface area contributed by atoms with E-state index < -0.39 is 9.84 Å². The van der Waals surface area contributed by atoms with Gasteiger partial charge in [0.2, 0.25) is 9.84 Å². The Morgan fingerprint density at radius 2 is 1.39 bits per heavy atom. The van der Waals surface area contributed by atoms with Crippen molar-refractivity contribution in [3.63, 3.8) is 0 Å². The highest BCUT2D eigenvalue weighted by Crippen LogP contribution is 2.28. The van der Waals surface area contributed by atoms with Gasteiger partial charge in [-0.1, -0.05) is 23.2 Å². The molecule has 2 aromatic rings. The predicted octanol–water partition coefficient (Wildman–Crippen LogP) is 3.41. The summed E-state index contributed by atoms with van der Waals surface area (Å²) in [5.74, 6) is 0. The molecule has 18 heavy (non-hydrogen) atoms. The van der Waals surface area contributed by atoms with E-state index >= 15 is 0 Å². The molecule has 94 valence electrons. The summed E-state index contributed by atoms with van der Waals surface area (Å²) in [6.07, 6.45) is 0. The third-order valence-electron chi connectivity index (χ3n) is 2.39. The molecule has 0 heterocycles. The minimum Gasteiger partial charge on any atom is -0.399 e. The second-order valence-electron chi connectivity index (χ2n) is 3.65. The van der Waals surface area contributed by atoms with Gasteiger partial charge in [0.1, 0.15) is 0 Å². The number of anilines is 1. The summed E-state index contributed by atoms with van der Waals surface area (Å²) in [6, 6.07) is 10.2. The number of nitrogen functional groups attached to an aromatic ring is 1. The third-order valence-corrected chi connectivity index (χ3v) is 4.90. The highest BCUT2D eigenvalue weighted by Gasteiger charge is 2.18. The standard InChI is InChI=1S/C12H9Cl2NO2S/c13-11-6-5-10(7-12(11)14)18(16,17)9-3-1-8(15)2-4-9/h1-7H,15H2. The molecule has 0 aliphatic rings. The zero-order valence-electron chi connectivity index (χ0n) is 9.10. The first kappa shape index (κ1) is 13.2. The highest BCUT2D eigenvalue weighted by molar-refractivity contribution is 7.91. The monoisotopic (exact) mass is 301 g/mol. The second-order valence-corrected chi connectivity index (χ2v) is 6.41. The minimum absolute atomic E-state index is 0.0988. The van der Waals surface area contributed by atoms with E-state index in [0.717, 1.165) is 0 Å². The van der Waals surface area contributed by atoms with E-state index in [9.17, 15) is 8.42 Å². The molecule has 0 spiro atoms. The van der Waals surface area contributed by atoms with Gasteiger partial charge in [0.05, 0.1) is 19.8 Å². The van der Waals surface area contributed by atoms with Crippen LogP contribution >= 0.6 is 23.2 Å². The highest BCUT2D eigenvalue weighted by atomic mass is 35.5. The summed E-state index contributed by atoms with van der Waals surface area (Å²) in [7, 11) is -3.59. The van der Waals surface area contributed by atoms with Crippen molar-refractivity contribution < 1.29 is 8.42 Å². The maximum absolute atomic E-state index is 12.3. The van der Waals surface area contributed by atoms with Gasteiger partial charge in [-0.15, -0.1) is 0 Å². The van der Waals surface area contributed by atoms with Crippen LogP contribution in [-0.4, -0.2) is 8.42 Å². The average Bonchev–Trinajstić information content (AvgIpc) is 2.33. The molecule has 0 unspecified atom stereocenters. The van der Waals surface area contributed by atoms with Crippen LogP contribution < -0.4 is 5.73 Å². The van der Waals surface area contributed by atoms with Crippen molar-refractivity contribution in [1.29, 1.82) is 0 Å². The van der Waals surface area contributed by atoms with Crippen LogP contribution in [0.2, 0.25) is 10.0 Å². The Hall–Kier alpha value is -1.23. The molecule has 2 aromatic carbocycles. The average molecular weight is 302 g/mol. The summed E-state index contributed by atoms with van der Waals surface area (Å²) in [5.41, 5.74) is 6.02. The quantitative estimate of drug-likeness (QED) is 0.865. The van der Waals surface area contributed by atoms with Gasteiger partial charge in [-0.05, 0) is 42.5 Å². The Kier molecular flexibility index (Phi) is 3.52. The van der Waals surface area contributed by atoms with E-state index in [1.54, 1.807) is 0 Å². The van der Waals surface area contributed by atoms with Crippen LogP contribution in [0.1, 0.15) is 0 Å². The number of halogens is 2. The van der Waals surface area contributed by atoms with E-state index in [-0.39, 0.29) is 14.8 Å². The molecule has 0 aliphatic carbocycles. The van der Waals surface area contributed by atoms with Crippen LogP contribution in [0, 0.1) is 0 Å². The van der Waals surface area contributed by atoms with E-state index in [2.05, 4.69) is 0 Å². The van der Waals surface area contributed by atoms with Crippen LogP contribution in [0.3, 0.4) is 0 Å². The number of sulfone groups is 1. The molecule has 0 atom stereocenters. The van der Waals surface area contributed by atoms with Gasteiger partial charge in [-0.3, -0.25) is 0 Å². The Balaban J connectivity index is 2.54. The van der Waals surface area contributed by atoms with Crippen LogP contribution in [-0.2, 0) is 9.84 Å². The van der Waals surface area contributed by atoms with Gasteiger partial charge in [0, 0.05) is 5.69 Å². The fourth-order valence-corrected chi connectivity index (χ4v) is 3.08. The number of rotatable bonds is 2. The molecule has 0 bridgehead atoms.